The maximum atomic E-state index is 12.9. The number of benzene rings is 1. The molecule has 0 aromatic heterocycles. The van der Waals surface area contributed by atoms with Gasteiger partial charge in [0, 0.05) is 25.3 Å². The molecule has 4 heteroatoms. The van der Waals surface area contributed by atoms with Crippen LogP contribution in [0.2, 0.25) is 0 Å². The Hall–Kier alpha value is -1.13. The maximum Gasteiger partial charge on any atom is 0.123 e. The third-order valence-electron chi connectivity index (χ3n) is 3.05. The molecule has 1 aromatic carbocycles. The van der Waals surface area contributed by atoms with Crippen LogP contribution in [0.1, 0.15) is 5.56 Å². The summed E-state index contributed by atoms with van der Waals surface area (Å²) in [7, 11) is 2.10. The van der Waals surface area contributed by atoms with Crippen LogP contribution in [-0.4, -0.2) is 44.3 Å². The molecule has 17 heavy (non-hydrogen) atoms. The first-order valence-corrected chi connectivity index (χ1v) is 5.95. The predicted molar refractivity (Wildman–Crippen MR) is 66.9 cm³/mol. The summed E-state index contributed by atoms with van der Waals surface area (Å²) >= 11 is 0. The summed E-state index contributed by atoms with van der Waals surface area (Å²) < 4.78 is 18.6. The van der Waals surface area contributed by atoms with E-state index in [0.29, 0.717) is 0 Å². The standard InChI is InChI=1S/C13H19FN2O/c1-10-7-11(14)3-4-13(10)15-8-12-9-16(2)5-6-17-12/h3-4,7,12,15H,5-6,8-9H2,1-2H3. The lowest BCUT2D eigenvalue weighted by atomic mass is 10.2. The van der Waals surface area contributed by atoms with Crippen molar-refractivity contribution in [3.05, 3.63) is 29.6 Å². The Kier molecular flexibility index (Phi) is 3.97. The van der Waals surface area contributed by atoms with Crippen LogP contribution in [0.4, 0.5) is 10.1 Å². The SMILES string of the molecule is Cc1cc(F)ccc1NCC1CN(C)CCO1. The highest BCUT2D eigenvalue weighted by Crippen LogP contribution is 2.16. The van der Waals surface area contributed by atoms with Crippen LogP contribution < -0.4 is 5.32 Å². The molecule has 2 rings (SSSR count). The second kappa shape index (κ2) is 5.47. The molecule has 94 valence electrons. The molecule has 1 aliphatic rings. The molecule has 1 saturated heterocycles. The zero-order valence-electron chi connectivity index (χ0n) is 10.4. The van der Waals surface area contributed by atoms with E-state index in [4.69, 9.17) is 4.74 Å². The van der Waals surface area contributed by atoms with Gasteiger partial charge in [-0.25, -0.2) is 4.39 Å². The first-order valence-electron chi connectivity index (χ1n) is 5.95. The minimum absolute atomic E-state index is 0.193. The van der Waals surface area contributed by atoms with Crippen LogP contribution in [0.15, 0.2) is 18.2 Å². The van der Waals surface area contributed by atoms with Crippen molar-refractivity contribution < 1.29 is 9.13 Å². The van der Waals surface area contributed by atoms with Crippen LogP contribution in [0.5, 0.6) is 0 Å². The zero-order chi connectivity index (χ0) is 12.3. The van der Waals surface area contributed by atoms with E-state index >= 15 is 0 Å². The fraction of sp³-hybridized carbons (Fsp3) is 0.538. The minimum Gasteiger partial charge on any atom is -0.382 e. The Bertz CT molecular complexity index is 384. The molecule has 1 fully saturated rings. The highest BCUT2D eigenvalue weighted by molar-refractivity contribution is 5.50. The molecule has 1 aliphatic heterocycles. The molecule has 0 saturated carbocycles. The van der Waals surface area contributed by atoms with E-state index in [1.807, 2.05) is 6.92 Å². The molecule has 1 unspecified atom stereocenters. The van der Waals surface area contributed by atoms with Gasteiger partial charge in [0.2, 0.25) is 0 Å². The van der Waals surface area contributed by atoms with E-state index < -0.39 is 0 Å². The van der Waals surface area contributed by atoms with Crippen molar-refractivity contribution >= 4 is 5.69 Å². The van der Waals surface area contributed by atoms with Gasteiger partial charge in [-0.05, 0) is 37.7 Å². The average molecular weight is 238 g/mol. The Labute approximate surface area is 102 Å². The number of aryl methyl sites for hydroxylation is 1. The maximum absolute atomic E-state index is 12.9. The molecule has 3 nitrogen and oxygen atoms in total. The van der Waals surface area contributed by atoms with Crippen molar-refractivity contribution in [3.63, 3.8) is 0 Å². The molecule has 1 N–H and O–H groups in total. The molecule has 1 heterocycles. The van der Waals surface area contributed by atoms with Gasteiger partial charge < -0.3 is 15.0 Å². The summed E-state index contributed by atoms with van der Waals surface area (Å²) in [5, 5.41) is 3.31. The first-order chi connectivity index (χ1) is 8.15. The van der Waals surface area contributed by atoms with Crippen molar-refractivity contribution in [3.8, 4) is 0 Å². The molecule has 0 radical (unpaired) electrons. The van der Waals surface area contributed by atoms with Crippen LogP contribution >= 0.6 is 0 Å². The molecule has 0 bridgehead atoms. The van der Waals surface area contributed by atoms with Gasteiger partial charge in [0.05, 0.1) is 12.7 Å². The molecule has 1 aromatic rings. The van der Waals surface area contributed by atoms with Gasteiger partial charge in [0.1, 0.15) is 5.82 Å². The van der Waals surface area contributed by atoms with Crippen LogP contribution in [0.3, 0.4) is 0 Å². The second-order valence-corrected chi connectivity index (χ2v) is 4.60. The van der Waals surface area contributed by atoms with Gasteiger partial charge in [-0.2, -0.15) is 0 Å². The lowest BCUT2D eigenvalue weighted by molar-refractivity contribution is -0.0117. The summed E-state index contributed by atoms with van der Waals surface area (Å²) in [6.45, 7) is 5.38. The van der Waals surface area contributed by atoms with Crippen molar-refractivity contribution in [1.29, 1.82) is 0 Å². The number of morpholine rings is 1. The summed E-state index contributed by atoms with van der Waals surface area (Å²) in [6, 6.07) is 4.79. The van der Waals surface area contributed by atoms with Gasteiger partial charge in [-0.15, -0.1) is 0 Å². The number of rotatable bonds is 3. The second-order valence-electron chi connectivity index (χ2n) is 4.60. The highest BCUT2D eigenvalue weighted by atomic mass is 19.1. The van der Waals surface area contributed by atoms with Gasteiger partial charge in [0.15, 0.2) is 0 Å². The van der Waals surface area contributed by atoms with E-state index in [9.17, 15) is 4.39 Å². The fourth-order valence-electron chi connectivity index (χ4n) is 2.04. The number of likely N-dealkylation sites (N-methyl/N-ethyl adjacent to an activating group) is 1. The van der Waals surface area contributed by atoms with Crippen LogP contribution in [0.25, 0.3) is 0 Å². The van der Waals surface area contributed by atoms with Crippen molar-refractivity contribution in [2.45, 2.75) is 13.0 Å². The highest BCUT2D eigenvalue weighted by Gasteiger charge is 2.17. The number of anilines is 1. The normalized spacial score (nSPS) is 21.5. The van der Waals surface area contributed by atoms with Gasteiger partial charge in [-0.1, -0.05) is 0 Å². The topological polar surface area (TPSA) is 24.5 Å². The summed E-state index contributed by atoms with van der Waals surface area (Å²) in [5.74, 6) is -0.193. The minimum atomic E-state index is -0.193. The van der Waals surface area contributed by atoms with E-state index in [1.165, 1.54) is 12.1 Å². The Morgan fingerprint density at radius 1 is 1.53 bits per heavy atom. The van der Waals surface area contributed by atoms with Gasteiger partial charge >= 0.3 is 0 Å². The number of halogens is 1. The Morgan fingerprint density at radius 3 is 3.06 bits per heavy atom. The number of nitrogens with zero attached hydrogens (tertiary/aromatic N) is 1. The van der Waals surface area contributed by atoms with E-state index in [0.717, 1.165) is 37.5 Å². The number of nitrogens with one attached hydrogen (secondary N) is 1. The summed E-state index contributed by atoms with van der Waals surface area (Å²) in [4.78, 5) is 2.26. The molecule has 0 aliphatic carbocycles. The van der Waals surface area contributed by atoms with Crippen LogP contribution in [0, 0.1) is 12.7 Å². The predicted octanol–water partition coefficient (Wildman–Crippen LogP) is 1.88. The fourth-order valence-corrected chi connectivity index (χ4v) is 2.04. The van der Waals surface area contributed by atoms with Crippen molar-refractivity contribution in [2.75, 3.05) is 38.6 Å². The Morgan fingerprint density at radius 2 is 2.35 bits per heavy atom. The largest absolute Gasteiger partial charge is 0.382 e. The first kappa shape index (κ1) is 12.3. The summed E-state index contributed by atoms with van der Waals surface area (Å²) in [6.07, 6.45) is 0.207. The smallest absolute Gasteiger partial charge is 0.123 e. The number of ether oxygens (including phenoxy) is 1. The molecular weight excluding hydrogens is 219 g/mol. The monoisotopic (exact) mass is 238 g/mol. The molecule has 0 amide bonds. The lowest BCUT2D eigenvalue weighted by Gasteiger charge is -2.30. The van der Waals surface area contributed by atoms with Gasteiger partial charge in [-0.3, -0.25) is 0 Å². The lowest BCUT2D eigenvalue weighted by Crippen LogP contribution is -2.43. The quantitative estimate of drug-likeness (QED) is 0.870. The molecule has 1 atom stereocenters. The zero-order valence-corrected chi connectivity index (χ0v) is 10.4. The number of hydrogen-bond acceptors (Lipinski definition) is 3. The van der Waals surface area contributed by atoms with Crippen molar-refractivity contribution in [2.24, 2.45) is 0 Å². The third kappa shape index (κ3) is 3.41. The van der Waals surface area contributed by atoms with Gasteiger partial charge in [0.25, 0.3) is 0 Å². The molecule has 0 spiro atoms. The van der Waals surface area contributed by atoms with Crippen LogP contribution in [-0.2, 0) is 4.74 Å². The van der Waals surface area contributed by atoms with Crippen molar-refractivity contribution in [1.82, 2.24) is 4.90 Å². The van der Waals surface area contributed by atoms with E-state index in [-0.39, 0.29) is 11.9 Å². The van der Waals surface area contributed by atoms with E-state index in [1.54, 1.807) is 6.07 Å². The number of hydrogen-bond donors (Lipinski definition) is 1. The summed E-state index contributed by atoms with van der Waals surface area (Å²) in [5.41, 5.74) is 1.90. The molecular formula is C13H19FN2O. The third-order valence-corrected chi connectivity index (χ3v) is 3.05. The van der Waals surface area contributed by atoms with E-state index in [2.05, 4.69) is 17.3 Å². The average Bonchev–Trinajstić information content (AvgIpc) is 2.28. The Balaban J connectivity index is 1.88.